The average molecular weight is 220 g/mol. The summed E-state index contributed by atoms with van der Waals surface area (Å²) in [7, 11) is -0.274. The van der Waals surface area contributed by atoms with E-state index in [1.807, 2.05) is 18.6 Å². The van der Waals surface area contributed by atoms with Crippen LogP contribution < -0.4 is 5.73 Å². The summed E-state index contributed by atoms with van der Waals surface area (Å²) in [6.07, 6.45) is 3.73. The lowest BCUT2D eigenvalue weighted by molar-refractivity contribution is 1.13. The van der Waals surface area contributed by atoms with Crippen LogP contribution in [-0.2, 0) is 10.7 Å². The highest BCUT2D eigenvalue weighted by molar-refractivity contribution is 7.85. The third-order valence-electron chi connectivity index (χ3n) is 1.39. The summed E-state index contributed by atoms with van der Waals surface area (Å²) in [5.74, 6) is 0.136. The number of nitrogens with zero attached hydrogens (tertiary/aromatic N) is 5. The Balaban J connectivity index is 3.46. The standard InChI is InChI=1S/C8H8N6S/c1-15(2)14-8-6(4-10)12-7(11)5(3-9)13-8/h1-2H3,(H2,11,12). The predicted molar refractivity (Wildman–Crippen MR) is 57.2 cm³/mol. The number of rotatable bonds is 1. The van der Waals surface area contributed by atoms with Gasteiger partial charge < -0.3 is 5.73 Å². The summed E-state index contributed by atoms with van der Waals surface area (Å²) in [5, 5.41) is 17.5. The van der Waals surface area contributed by atoms with E-state index in [0.717, 1.165) is 0 Å². The van der Waals surface area contributed by atoms with Crippen LogP contribution in [0.4, 0.5) is 11.6 Å². The monoisotopic (exact) mass is 220 g/mol. The van der Waals surface area contributed by atoms with Gasteiger partial charge in [-0.25, -0.2) is 14.3 Å². The van der Waals surface area contributed by atoms with E-state index in [0.29, 0.717) is 0 Å². The highest BCUT2D eigenvalue weighted by Gasteiger charge is 2.10. The topological polar surface area (TPSA) is 112 Å². The van der Waals surface area contributed by atoms with E-state index in [1.165, 1.54) is 0 Å². The minimum Gasteiger partial charge on any atom is -0.381 e. The van der Waals surface area contributed by atoms with Gasteiger partial charge in [0.15, 0.2) is 23.0 Å². The molecule has 15 heavy (non-hydrogen) atoms. The van der Waals surface area contributed by atoms with Gasteiger partial charge in [0.1, 0.15) is 12.1 Å². The second-order valence-corrected chi connectivity index (χ2v) is 4.45. The molecule has 1 aromatic rings. The zero-order valence-electron chi connectivity index (χ0n) is 8.22. The molecule has 6 nitrogen and oxygen atoms in total. The summed E-state index contributed by atoms with van der Waals surface area (Å²) in [6, 6.07) is 3.64. The molecule has 1 aromatic heterocycles. The van der Waals surface area contributed by atoms with E-state index in [9.17, 15) is 0 Å². The van der Waals surface area contributed by atoms with Gasteiger partial charge in [-0.2, -0.15) is 10.5 Å². The fraction of sp³-hybridized carbons (Fsp3) is 0.250. The average Bonchev–Trinajstić information content (AvgIpc) is 2.19. The van der Waals surface area contributed by atoms with Gasteiger partial charge in [-0.05, 0) is 12.5 Å². The van der Waals surface area contributed by atoms with Crippen LogP contribution in [0.25, 0.3) is 0 Å². The zero-order chi connectivity index (χ0) is 11.4. The number of anilines is 1. The van der Waals surface area contributed by atoms with Gasteiger partial charge in [0, 0.05) is 0 Å². The summed E-state index contributed by atoms with van der Waals surface area (Å²) in [6.45, 7) is 0. The Hall–Kier alpha value is -1.99. The largest absolute Gasteiger partial charge is 0.381 e. The summed E-state index contributed by atoms with van der Waals surface area (Å²) < 4.78 is 4.10. The van der Waals surface area contributed by atoms with Crippen molar-refractivity contribution in [1.29, 1.82) is 10.5 Å². The van der Waals surface area contributed by atoms with Crippen LogP contribution in [0, 0.1) is 22.7 Å². The Bertz CT molecular complexity index is 503. The van der Waals surface area contributed by atoms with Crippen molar-refractivity contribution in [3.05, 3.63) is 11.4 Å². The van der Waals surface area contributed by atoms with Crippen molar-refractivity contribution in [2.75, 3.05) is 18.2 Å². The van der Waals surface area contributed by atoms with Gasteiger partial charge in [-0.15, -0.1) is 0 Å². The maximum absolute atomic E-state index is 8.77. The third-order valence-corrected chi connectivity index (χ3v) is 1.92. The molecule has 0 fully saturated rings. The van der Waals surface area contributed by atoms with Gasteiger partial charge in [-0.1, -0.05) is 10.7 Å². The van der Waals surface area contributed by atoms with E-state index >= 15 is 0 Å². The maximum atomic E-state index is 8.77. The van der Waals surface area contributed by atoms with Gasteiger partial charge in [0.05, 0.1) is 0 Å². The summed E-state index contributed by atoms with van der Waals surface area (Å²) in [4.78, 5) is 7.63. The number of nitrogen functional groups attached to an aromatic ring is 1. The molecule has 7 heteroatoms. The van der Waals surface area contributed by atoms with Crippen molar-refractivity contribution in [3.8, 4) is 12.1 Å². The summed E-state index contributed by atoms with van der Waals surface area (Å²) in [5.41, 5.74) is 5.47. The van der Waals surface area contributed by atoms with E-state index in [-0.39, 0.29) is 33.7 Å². The van der Waals surface area contributed by atoms with Crippen LogP contribution in [0.15, 0.2) is 4.36 Å². The normalized spacial score (nSPS) is 9.40. The fourth-order valence-corrected chi connectivity index (χ4v) is 1.31. The van der Waals surface area contributed by atoms with E-state index in [1.54, 1.807) is 6.07 Å². The van der Waals surface area contributed by atoms with Crippen LogP contribution in [0.3, 0.4) is 0 Å². The van der Waals surface area contributed by atoms with Gasteiger partial charge >= 0.3 is 0 Å². The zero-order valence-corrected chi connectivity index (χ0v) is 9.04. The maximum Gasteiger partial charge on any atom is 0.197 e. The second-order valence-electron chi connectivity index (χ2n) is 2.72. The molecular weight excluding hydrogens is 212 g/mol. The molecule has 0 saturated heterocycles. The van der Waals surface area contributed by atoms with Crippen LogP contribution >= 0.6 is 0 Å². The van der Waals surface area contributed by atoms with Gasteiger partial charge in [-0.3, -0.25) is 0 Å². The van der Waals surface area contributed by atoms with Crippen molar-refractivity contribution < 1.29 is 0 Å². The van der Waals surface area contributed by atoms with Crippen molar-refractivity contribution in [2.24, 2.45) is 4.36 Å². The van der Waals surface area contributed by atoms with E-state index in [2.05, 4.69) is 14.3 Å². The Morgan fingerprint density at radius 2 is 1.80 bits per heavy atom. The second kappa shape index (κ2) is 4.49. The van der Waals surface area contributed by atoms with Gasteiger partial charge in [0.25, 0.3) is 0 Å². The predicted octanol–water partition coefficient (Wildman–Crippen LogP) is 0.495. The molecule has 0 saturated carbocycles. The molecule has 0 spiro atoms. The molecule has 0 radical (unpaired) electrons. The van der Waals surface area contributed by atoms with Crippen molar-refractivity contribution in [1.82, 2.24) is 9.97 Å². The quantitative estimate of drug-likeness (QED) is 0.740. The van der Waals surface area contributed by atoms with Gasteiger partial charge in [0.2, 0.25) is 0 Å². The molecule has 76 valence electrons. The first-order valence-corrected chi connectivity index (χ1v) is 5.85. The molecule has 1 rings (SSSR count). The molecule has 0 unspecified atom stereocenters. The lowest BCUT2D eigenvalue weighted by Gasteiger charge is -2.00. The highest BCUT2D eigenvalue weighted by atomic mass is 32.2. The highest BCUT2D eigenvalue weighted by Crippen LogP contribution is 2.17. The smallest absolute Gasteiger partial charge is 0.197 e. The molecule has 0 aliphatic carbocycles. The minimum atomic E-state index is -0.274. The Morgan fingerprint density at radius 3 is 2.27 bits per heavy atom. The molecule has 0 aliphatic rings. The van der Waals surface area contributed by atoms with Crippen molar-refractivity contribution in [3.63, 3.8) is 0 Å². The van der Waals surface area contributed by atoms with Crippen LogP contribution in [0.2, 0.25) is 0 Å². The van der Waals surface area contributed by atoms with Crippen LogP contribution in [0.1, 0.15) is 11.4 Å². The van der Waals surface area contributed by atoms with E-state index in [4.69, 9.17) is 16.3 Å². The Kier molecular flexibility index (Phi) is 3.32. The lowest BCUT2D eigenvalue weighted by Crippen LogP contribution is -2.01. The molecule has 1 heterocycles. The molecule has 0 atom stereocenters. The van der Waals surface area contributed by atoms with Crippen LogP contribution in [0.5, 0.6) is 0 Å². The number of hydrogen-bond acceptors (Lipinski definition) is 6. The molecular formula is C8H8N6S. The summed E-state index contributed by atoms with van der Waals surface area (Å²) >= 11 is 0. The van der Waals surface area contributed by atoms with Crippen LogP contribution in [-0.4, -0.2) is 22.5 Å². The number of nitriles is 2. The first kappa shape index (κ1) is 11.1. The van der Waals surface area contributed by atoms with Crippen molar-refractivity contribution in [2.45, 2.75) is 0 Å². The molecule has 2 N–H and O–H groups in total. The molecule has 0 bridgehead atoms. The molecule has 0 amide bonds. The number of hydrogen-bond donors (Lipinski definition) is 1. The first-order chi connectivity index (χ1) is 7.08. The molecule has 0 aliphatic heterocycles. The number of aromatic nitrogens is 2. The minimum absolute atomic E-state index is 0.00167. The fourth-order valence-electron chi connectivity index (χ4n) is 0.833. The SMILES string of the molecule is CS(C)=Nc1nc(C#N)c(N)nc1C#N. The number of nitrogens with two attached hydrogens (primary N) is 1. The third kappa shape index (κ3) is 2.48. The Morgan fingerprint density at radius 1 is 1.20 bits per heavy atom. The van der Waals surface area contributed by atoms with Crippen molar-refractivity contribution >= 4 is 22.3 Å². The van der Waals surface area contributed by atoms with E-state index < -0.39 is 0 Å². The Labute approximate surface area is 89.5 Å². The lowest BCUT2D eigenvalue weighted by atomic mass is 10.4. The molecule has 0 aromatic carbocycles. The first-order valence-electron chi connectivity index (χ1n) is 3.85.